The highest BCUT2D eigenvalue weighted by Crippen LogP contribution is 2.24. The third-order valence-corrected chi connectivity index (χ3v) is 6.14. The van der Waals surface area contributed by atoms with Crippen LogP contribution in [-0.2, 0) is 16.3 Å². The molecule has 2 aromatic rings. The van der Waals surface area contributed by atoms with Gasteiger partial charge in [0.05, 0.1) is 23.8 Å². The van der Waals surface area contributed by atoms with E-state index in [9.17, 15) is 8.42 Å². The van der Waals surface area contributed by atoms with Crippen molar-refractivity contribution in [3.8, 4) is 5.75 Å². The van der Waals surface area contributed by atoms with Crippen LogP contribution in [0.2, 0.25) is 0 Å². The summed E-state index contributed by atoms with van der Waals surface area (Å²) in [6.45, 7) is 0. The molecule has 20 heavy (non-hydrogen) atoms. The van der Waals surface area contributed by atoms with Crippen LogP contribution in [0.3, 0.4) is 0 Å². The molecule has 0 aliphatic carbocycles. The number of methoxy groups -OCH3 is 1. The molecule has 1 aliphatic rings. The second kappa shape index (κ2) is 5.09. The molecule has 5 nitrogen and oxygen atoms in total. The van der Waals surface area contributed by atoms with Crippen molar-refractivity contribution in [3.63, 3.8) is 0 Å². The van der Waals surface area contributed by atoms with Gasteiger partial charge in [0.2, 0.25) is 0 Å². The molecule has 0 amide bonds. The zero-order valence-corrected chi connectivity index (χ0v) is 12.3. The van der Waals surface area contributed by atoms with Crippen molar-refractivity contribution in [3.05, 3.63) is 30.2 Å². The molecule has 0 bridgehead atoms. The SMILES string of the molecule is COc1cccn2cc(CC3CCCCS3(=O)=O)nc12. The smallest absolute Gasteiger partial charge is 0.179 e. The van der Waals surface area contributed by atoms with Crippen LogP contribution in [0.25, 0.3) is 5.65 Å². The Labute approximate surface area is 118 Å². The number of ether oxygens (including phenoxy) is 1. The number of nitrogens with zero attached hydrogens (tertiary/aromatic N) is 2. The molecule has 0 aromatic carbocycles. The Kier molecular flexibility index (Phi) is 3.41. The third kappa shape index (κ3) is 2.40. The van der Waals surface area contributed by atoms with Gasteiger partial charge in [-0.1, -0.05) is 6.42 Å². The van der Waals surface area contributed by atoms with Crippen molar-refractivity contribution in [2.24, 2.45) is 0 Å². The number of sulfone groups is 1. The second-order valence-electron chi connectivity index (χ2n) is 5.23. The molecule has 0 spiro atoms. The molecular weight excluding hydrogens is 276 g/mol. The standard InChI is InChI=1S/C14H18N2O3S/c1-19-13-6-4-7-16-10-11(15-14(13)16)9-12-5-2-3-8-20(12,17)18/h4,6-7,10,12H,2-3,5,8-9H2,1H3. The number of rotatable bonds is 3. The van der Waals surface area contributed by atoms with Crippen LogP contribution in [0.15, 0.2) is 24.5 Å². The van der Waals surface area contributed by atoms with Crippen molar-refractivity contribution >= 4 is 15.5 Å². The molecule has 3 heterocycles. The first-order chi connectivity index (χ1) is 9.60. The van der Waals surface area contributed by atoms with Crippen LogP contribution < -0.4 is 4.74 Å². The van der Waals surface area contributed by atoms with E-state index in [-0.39, 0.29) is 5.25 Å². The van der Waals surface area contributed by atoms with Gasteiger partial charge in [-0.25, -0.2) is 13.4 Å². The van der Waals surface area contributed by atoms with Gasteiger partial charge in [0.15, 0.2) is 21.2 Å². The van der Waals surface area contributed by atoms with E-state index in [2.05, 4.69) is 4.98 Å². The minimum absolute atomic E-state index is 0.285. The molecule has 1 fully saturated rings. The average Bonchev–Trinajstić information content (AvgIpc) is 2.83. The van der Waals surface area contributed by atoms with Gasteiger partial charge in [-0.05, 0) is 25.0 Å². The van der Waals surface area contributed by atoms with Gasteiger partial charge < -0.3 is 9.14 Å². The maximum absolute atomic E-state index is 12.1. The largest absolute Gasteiger partial charge is 0.493 e. The fourth-order valence-electron chi connectivity index (χ4n) is 2.78. The van der Waals surface area contributed by atoms with Crippen molar-refractivity contribution in [2.45, 2.75) is 30.9 Å². The number of hydrogen-bond donors (Lipinski definition) is 0. The highest BCUT2D eigenvalue weighted by Gasteiger charge is 2.29. The lowest BCUT2D eigenvalue weighted by molar-refractivity contribution is 0.417. The van der Waals surface area contributed by atoms with Crippen molar-refractivity contribution < 1.29 is 13.2 Å². The van der Waals surface area contributed by atoms with Gasteiger partial charge in [0.1, 0.15) is 0 Å². The van der Waals surface area contributed by atoms with Gasteiger partial charge in [0.25, 0.3) is 0 Å². The van der Waals surface area contributed by atoms with E-state index in [1.807, 2.05) is 28.9 Å². The van der Waals surface area contributed by atoms with E-state index in [0.29, 0.717) is 17.9 Å². The van der Waals surface area contributed by atoms with Crippen molar-refractivity contribution in [2.75, 3.05) is 12.9 Å². The molecule has 0 saturated carbocycles. The Hall–Kier alpha value is -1.56. The Morgan fingerprint density at radius 3 is 3.05 bits per heavy atom. The van der Waals surface area contributed by atoms with Gasteiger partial charge in [-0.3, -0.25) is 0 Å². The van der Waals surface area contributed by atoms with Crippen LogP contribution >= 0.6 is 0 Å². The second-order valence-corrected chi connectivity index (χ2v) is 7.63. The fourth-order valence-corrected chi connectivity index (χ4v) is 4.67. The Morgan fingerprint density at radius 1 is 1.45 bits per heavy atom. The van der Waals surface area contributed by atoms with Gasteiger partial charge in [-0.2, -0.15) is 0 Å². The molecular formula is C14H18N2O3S. The number of aromatic nitrogens is 2. The van der Waals surface area contributed by atoms with Crippen LogP contribution in [0.1, 0.15) is 25.0 Å². The Bertz CT molecular complexity index is 721. The van der Waals surface area contributed by atoms with Crippen LogP contribution in [0.4, 0.5) is 0 Å². The molecule has 3 rings (SSSR count). The summed E-state index contributed by atoms with van der Waals surface area (Å²) >= 11 is 0. The topological polar surface area (TPSA) is 60.7 Å². The molecule has 1 unspecified atom stereocenters. The molecule has 1 aliphatic heterocycles. The highest BCUT2D eigenvalue weighted by atomic mass is 32.2. The summed E-state index contributed by atoms with van der Waals surface area (Å²) in [5.74, 6) is 1.01. The number of fused-ring (bicyclic) bond motifs is 1. The predicted molar refractivity (Wildman–Crippen MR) is 76.9 cm³/mol. The molecule has 1 saturated heterocycles. The Balaban J connectivity index is 1.91. The first-order valence-corrected chi connectivity index (χ1v) is 8.54. The lowest BCUT2D eigenvalue weighted by Gasteiger charge is -2.21. The minimum Gasteiger partial charge on any atom is -0.493 e. The number of pyridine rings is 1. The summed E-state index contributed by atoms with van der Waals surface area (Å²) in [7, 11) is -1.35. The van der Waals surface area contributed by atoms with Gasteiger partial charge in [0, 0.05) is 18.8 Å². The van der Waals surface area contributed by atoms with Crippen LogP contribution in [-0.4, -0.2) is 35.9 Å². The van der Waals surface area contributed by atoms with Crippen molar-refractivity contribution in [1.29, 1.82) is 0 Å². The summed E-state index contributed by atoms with van der Waals surface area (Å²) in [5, 5.41) is -0.285. The summed E-state index contributed by atoms with van der Waals surface area (Å²) in [5.41, 5.74) is 1.54. The summed E-state index contributed by atoms with van der Waals surface area (Å²) < 4.78 is 31.3. The van der Waals surface area contributed by atoms with Crippen LogP contribution in [0, 0.1) is 0 Å². The zero-order valence-electron chi connectivity index (χ0n) is 11.4. The lowest BCUT2D eigenvalue weighted by Crippen LogP contribution is -2.30. The van der Waals surface area contributed by atoms with E-state index in [1.165, 1.54) is 0 Å². The third-order valence-electron chi connectivity index (χ3n) is 3.87. The number of imidazole rings is 1. The highest BCUT2D eigenvalue weighted by molar-refractivity contribution is 7.92. The van der Waals surface area contributed by atoms with Gasteiger partial charge >= 0.3 is 0 Å². The maximum Gasteiger partial charge on any atom is 0.179 e. The maximum atomic E-state index is 12.1. The quantitative estimate of drug-likeness (QED) is 0.867. The Morgan fingerprint density at radius 2 is 2.30 bits per heavy atom. The first kappa shape index (κ1) is 13.4. The monoisotopic (exact) mass is 294 g/mol. The normalized spacial score (nSPS) is 21.9. The average molecular weight is 294 g/mol. The molecule has 0 N–H and O–H groups in total. The molecule has 2 aromatic heterocycles. The van der Waals surface area contributed by atoms with E-state index in [0.717, 1.165) is 30.6 Å². The van der Waals surface area contributed by atoms with Crippen molar-refractivity contribution in [1.82, 2.24) is 9.38 Å². The molecule has 1 atom stereocenters. The summed E-state index contributed by atoms with van der Waals surface area (Å²) in [6.07, 6.45) is 6.80. The molecule has 108 valence electrons. The van der Waals surface area contributed by atoms with E-state index >= 15 is 0 Å². The van der Waals surface area contributed by atoms with E-state index in [4.69, 9.17) is 4.74 Å². The summed E-state index contributed by atoms with van der Waals surface area (Å²) in [4.78, 5) is 4.52. The summed E-state index contributed by atoms with van der Waals surface area (Å²) in [6, 6.07) is 3.73. The zero-order chi connectivity index (χ0) is 14.2. The molecule has 6 heteroatoms. The first-order valence-electron chi connectivity index (χ1n) is 6.82. The van der Waals surface area contributed by atoms with Gasteiger partial charge in [-0.15, -0.1) is 0 Å². The lowest BCUT2D eigenvalue weighted by atomic mass is 10.1. The minimum atomic E-state index is -2.96. The number of hydrogen-bond acceptors (Lipinski definition) is 4. The van der Waals surface area contributed by atoms with E-state index < -0.39 is 9.84 Å². The molecule has 0 radical (unpaired) electrons. The predicted octanol–water partition coefficient (Wildman–Crippen LogP) is 1.85. The van der Waals surface area contributed by atoms with Crippen LogP contribution in [0.5, 0.6) is 5.75 Å². The van der Waals surface area contributed by atoms with E-state index in [1.54, 1.807) is 7.11 Å². The fraction of sp³-hybridized carbons (Fsp3) is 0.500.